The van der Waals surface area contributed by atoms with Crippen molar-refractivity contribution in [2.45, 2.75) is 57.0 Å². The monoisotopic (exact) mass is 450 g/mol. The summed E-state index contributed by atoms with van der Waals surface area (Å²) in [5, 5.41) is 14.9. The number of benzene rings is 2. The SMILES string of the molecule is CCC[C@@H](NC(=O)OCC1c2ccccc2-c2ccccc21)C(=O)NC(C)(C(=O)O)C1CC1. The third-order valence-corrected chi connectivity index (χ3v) is 6.75. The van der Waals surface area contributed by atoms with Crippen LogP contribution in [-0.4, -0.2) is 41.3 Å². The van der Waals surface area contributed by atoms with Crippen molar-refractivity contribution in [1.29, 1.82) is 0 Å². The summed E-state index contributed by atoms with van der Waals surface area (Å²) in [6.07, 6.45) is 1.88. The molecule has 2 aliphatic rings. The molecule has 0 radical (unpaired) electrons. The lowest BCUT2D eigenvalue weighted by atomic mass is 9.95. The Bertz CT molecular complexity index is 1020. The Balaban J connectivity index is 1.41. The van der Waals surface area contributed by atoms with E-state index in [4.69, 9.17) is 4.74 Å². The number of alkyl carbamates (subject to hydrolysis) is 1. The lowest BCUT2D eigenvalue weighted by Crippen LogP contribution is -2.59. The Morgan fingerprint density at radius 1 is 1.06 bits per heavy atom. The predicted octanol–water partition coefficient (Wildman–Crippen LogP) is 4.06. The number of amides is 2. The number of nitrogens with one attached hydrogen (secondary N) is 2. The minimum absolute atomic E-state index is 0.0771. The van der Waals surface area contributed by atoms with E-state index in [9.17, 15) is 19.5 Å². The Labute approximate surface area is 193 Å². The summed E-state index contributed by atoms with van der Waals surface area (Å²) in [5.41, 5.74) is 3.16. The van der Waals surface area contributed by atoms with Crippen molar-refractivity contribution in [2.24, 2.45) is 5.92 Å². The van der Waals surface area contributed by atoms with E-state index in [0.717, 1.165) is 35.1 Å². The third kappa shape index (κ3) is 4.58. The zero-order valence-corrected chi connectivity index (χ0v) is 19.0. The fraction of sp³-hybridized carbons (Fsp3) is 0.423. The molecule has 7 heteroatoms. The van der Waals surface area contributed by atoms with E-state index in [1.54, 1.807) is 0 Å². The molecule has 0 aromatic heterocycles. The summed E-state index contributed by atoms with van der Waals surface area (Å²) in [7, 11) is 0. The maximum Gasteiger partial charge on any atom is 0.407 e. The first kappa shape index (κ1) is 22.8. The molecule has 3 N–H and O–H groups in total. The molecule has 2 aliphatic carbocycles. The van der Waals surface area contributed by atoms with Crippen LogP contribution in [0.25, 0.3) is 11.1 Å². The van der Waals surface area contributed by atoms with Crippen molar-refractivity contribution in [2.75, 3.05) is 6.61 Å². The first-order valence-electron chi connectivity index (χ1n) is 11.5. The summed E-state index contributed by atoms with van der Waals surface area (Å²) < 4.78 is 5.56. The van der Waals surface area contributed by atoms with Gasteiger partial charge in [0.05, 0.1) is 0 Å². The van der Waals surface area contributed by atoms with Crippen LogP contribution in [0.4, 0.5) is 4.79 Å². The fourth-order valence-electron chi connectivity index (χ4n) is 4.67. The van der Waals surface area contributed by atoms with Gasteiger partial charge in [-0.15, -0.1) is 0 Å². The second-order valence-corrected chi connectivity index (χ2v) is 9.08. The maximum absolute atomic E-state index is 12.9. The molecule has 2 amide bonds. The van der Waals surface area contributed by atoms with Gasteiger partial charge in [0.25, 0.3) is 0 Å². The number of hydrogen-bond donors (Lipinski definition) is 3. The van der Waals surface area contributed by atoms with Gasteiger partial charge >= 0.3 is 12.1 Å². The molecule has 174 valence electrons. The quantitative estimate of drug-likeness (QED) is 0.534. The van der Waals surface area contributed by atoms with E-state index in [-0.39, 0.29) is 18.4 Å². The van der Waals surface area contributed by atoms with Crippen LogP contribution in [0.1, 0.15) is 56.6 Å². The second-order valence-electron chi connectivity index (χ2n) is 9.08. The molecule has 0 saturated heterocycles. The summed E-state index contributed by atoms with van der Waals surface area (Å²) in [5.74, 6) is -1.72. The number of fused-ring (bicyclic) bond motifs is 3. The smallest absolute Gasteiger partial charge is 0.407 e. The first-order valence-corrected chi connectivity index (χ1v) is 11.5. The molecule has 7 nitrogen and oxygen atoms in total. The average molecular weight is 451 g/mol. The van der Waals surface area contributed by atoms with Crippen LogP contribution in [0.3, 0.4) is 0 Å². The third-order valence-electron chi connectivity index (χ3n) is 6.75. The number of ether oxygens (including phenoxy) is 1. The van der Waals surface area contributed by atoms with Crippen LogP contribution in [0.5, 0.6) is 0 Å². The van der Waals surface area contributed by atoms with Crippen LogP contribution < -0.4 is 10.6 Å². The van der Waals surface area contributed by atoms with Crippen LogP contribution in [-0.2, 0) is 14.3 Å². The largest absolute Gasteiger partial charge is 0.480 e. The molecule has 0 bridgehead atoms. The average Bonchev–Trinajstić information content (AvgIpc) is 3.61. The van der Waals surface area contributed by atoms with E-state index in [0.29, 0.717) is 12.8 Å². The molecule has 2 aromatic carbocycles. The summed E-state index contributed by atoms with van der Waals surface area (Å²) in [6, 6.07) is 15.3. The van der Waals surface area contributed by atoms with Crippen molar-refractivity contribution in [3.05, 3.63) is 59.7 Å². The van der Waals surface area contributed by atoms with Crippen molar-refractivity contribution in [3.63, 3.8) is 0 Å². The lowest BCUT2D eigenvalue weighted by Gasteiger charge is -2.29. The van der Waals surface area contributed by atoms with Crippen molar-refractivity contribution >= 4 is 18.0 Å². The van der Waals surface area contributed by atoms with Crippen LogP contribution in [0.2, 0.25) is 0 Å². The topological polar surface area (TPSA) is 105 Å². The zero-order valence-electron chi connectivity index (χ0n) is 19.0. The number of rotatable bonds is 9. The molecular formula is C26H30N2O5. The van der Waals surface area contributed by atoms with Crippen LogP contribution in [0, 0.1) is 5.92 Å². The number of carboxylic acids is 1. The minimum Gasteiger partial charge on any atom is -0.480 e. The second kappa shape index (κ2) is 9.25. The molecule has 1 saturated carbocycles. The predicted molar refractivity (Wildman–Crippen MR) is 124 cm³/mol. The number of carbonyl (C=O) groups excluding carboxylic acids is 2. The highest BCUT2D eigenvalue weighted by atomic mass is 16.5. The maximum atomic E-state index is 12.9. The fourth-order valence-corrected chi connectivity index (χ4v) is 4.67. The Morgan fingerprint density at radius 2 is 1.64 bits per heavy atom. The van der Waals surface area contributed by atoms with Gasteiger partial charge < -0.3 is 20.5 Å². The van der Waals surface area contributed by atoms with Gasteiger partial charge in [-0.25, -0.2) is 9.59 Å². The molecule has 0 aliphatic heterocycles. The molecular weight excluding hydrogens is 420 g/mol. The number of carboxylic acid groups (broad SMARTS) is 1. The highest BCUT2D eigenvalue weighted by molar-refractivity contribution is 5.91. The van der Waals surface area contributed by atoms with Gasteiger partial charge in [0, 0.05) is 5.92 Å². The Morgan fingerprint density at radius 3 is 2.15 bits per heavy atom. The van der Waals surface area contributed by atoms with Gasteiger partial charge in [0.1, 0.15) is 18.2 Å². The molecule has 0 heterocycles. The Kier molecular flexibility index (Phi) is 6.40. The molecule has 0 spiro atoms. The number of hydrogen-bond acceptors (Lipinski definition) is 4. The number of aliphatic carboxylic acids is 1. The van der Waals surface area contributed by atoms with E-state index < -0.39 is 29.6 Å². The molecule has 2 aromatic rings. The van der Waals surface area contributed by atoms with E-state index >= 15 is 0 Å². The van der Waals surface area contributed by atoms with Gasteiger partial charge in [0.15, 0.2) is 0 Å². The molecule has 1 unspecified atom stereocenters. The van der Waals surface area contributed by atoms with Crippen molar-refractivity contribution in [3.8, 4) is 11.1 Å². The van der Waals surface area contributed by atoms with Gasteiger partial charge in [-0.1, -0.05) is 61.9 Å². The highest BCUT2D eigenvalue weighted by Gasteiger charge is 2.49. The highest BCUT2D eigenvalue weighted by Crippen LogP contribution is 2.44. The van der Waals surface area contributed by atoms with E-state index in [1.165, 1.54) is 6.92 Å². The van der Waals surface area contributed by atoms with Gasteiger partial charge in [-0.05, 0) is 54.4 Å². The van der Waals surface area contributed by atoms with Gasteiger partial charge in [-0.3, -0.25) is 4.79 Å². The van der Waals surface area contributed by atoms with Gasteiger partial charge in [0.2, 0.25) is 5.91 Å². The summed E-state index contributed by atoms with van der Waals surface area (Å²) >= 11 is 0. The van der Waals surface area contributed by atoms with Crippen molar-refractivity contribution in [1.82, 2.24) is 10.6 Å². The Hall–Kier alpha value is -3.35. The van der Waals surface area contributed by atoms with E-state index in [2.05, 4.69) is 22.8 Å². The molecule has 2 atom stereocenters. The minimum atomic E-state index is -1.33. The van der Waals surface area contributed by atoms with Crippen LogP contribution >= 0.6 is 0 Å². The molecule has 33 heavy (non-hydrogen) atoms. The van der Waals surface area contributed by atoms with Crippen molar-refractivity contribution < 1.29 is 24.2 Å². The normalized spacial score (nSPS) is 17.3. The summed E-state index contributed by atoms with van der Waals surface area (Å²) in [6.45, 7) is 3.58. The number of carbonyl (C=O) groups is 3. The summed E-state index contributed by atoms with van der Waals surface area (Å²) in [4.78, 5) is 37.3. The lowest BCUT2D eigenvalue weighted by molar-refractivity contribution is -0.148. The van der Waals surface area contributed by atoms with Crippen LogP contribution in [0.15, 0.2) is 48.5 Å². The molecule has 4 rings (SSSR count). The first-order chi connectivity index (χ1) is 15.8. The standard InChI is InChI=1S/C26H30N2O5/c1-3-8-22(23(29)28-26(2,24(30)31)16-13-14-16)27-25(32)33-15-21-19-11-6-4-9-17(19)18-10-5-7-12-20(18)21/h4-7,9-12,16,21-22H,3,8,13-15H2,1-2H3,(H,27,32)(H,28,29)(H,30,31)/t22-,26?/m1/s1. The van der Waals surface area contributed by atoms with Gasteiger partial charge in [-0.2, -0.15) is 0 Å². The molecule has 1 fully saturated rings. The zero-order chi connectivity index (χ0) is 23.6. The van der Waals surface area contributed by atoms with E-state index in [1.807, 2.05) is 43.3 Å².